The van der Waals surface area contributed by atoms with Crippen LogP contribution in [0.5, 0.6) is 0 Å². The molecule has 0 amide bonds. The minimum Gasteiger partial charge on any atom is -0.367 e. The van der Waals surface area contributed by atoms with Crippen molar-refractivity contribution in [3.8, 4) is 0 Å². The Morgan fingerprint density at radius 3 is 2.60 bits per heavy atom. The van der Waals surface area contributed by atoms with E-state index in [-0.39, 0.29) is 0 Å². The van der Waals surface area contributed by atoms with E-state index in [0.717, 1.165) is 18.7 Å². The van der Waals surface area contributed by atoms with Gasteiger partial charge >= 0.3 is 0 Å². The largest absolute Gasteiger partial charge is 0.367 e. The molecule has 1 aromatic heterocycles. The molecule has 0 unspecified atom stereocenters. The normalized spacial score (nSPS) is 22.9. The number of anilines is 1. The lowest BCUT2D eigenvalue weighted by molar-refractivity contribution is 0.232. The standard InChI is InChI=1S/C17H27N3/c1-17(2)10-8-13(9-11-17)20-16-14-6-4-3-5-7-15(14)18-12-19-16/h12-13H,3-11H2,1-2H3,(H,18,19,20). The van der Waals surface area contributed by atoms with Crippen LogP contribution in [0.2, 0.25) is 0 Å². The van der Waals surface area contributed by atoms with Gasteiger partial charge in [-0.05, 0) is 56.8 Å². The van der Waals surface area contributed by atoms with Crippen LogP contribution >= 0.6 is 0 Å². The second-order valence-electron chi connectivity index (χ2n) is 7.29. The first-order valence-corrected chi connectivity index (χ1v) is 8.23. The Labute approximate surface area is 122 Å². The van der Waals surface area contributed by atoms with Crippen molar-refractivity contribution >= 4 is 5.82 Å². The van der Waals surface area contributed by atoms with Gasteiger partial charge in [-0.3, -0.25) is 0 Å². The highest BCUT2D eigenvalue weighted by molar-refractivity contribution is 5.47. The molecule has 20 heavy (non-hydrogen) atoms. The van der Waals surface area contributed by atoms with Crippen molar-refractivity contribution in [1.29, 1.82) is 0 Å². The van der Waals surface area contributed by atoms with E-state index in [1.165, 1.54) is 56.2 Å². The third kappa shape index (κ3) is 3.13. The fourth-order valence-corrected chi connectivity index (χ4v) is 3.56. The molecule has 0 radical (unpaired) electrons. The van der Waals surface area contributed by atoms with E-state index in [4.69, 9.17) is 0 Å². The molecular formula is C17H27N3. The van der Waals surface area contributed by atoms with Crippen molar-refractivity contribution in [1.82, 2.24) is 9.97 Å². The quantitative estimate of drug-likeness (QED) is 0.823. The summed E-state index contributed by atoms with van der Waals surface area (Å²) in [5.41, 5.74) is 3.21. The number of nitrogens with zero attached hydrogens (tertiary/aromatic N) is 2. The fraction of sp³-hybridized carbons (Fsp3) is 0.765. The predicted molar refractivity (Wildman–Crippen MR) is 83.0 cm³/mol. The lowest BCUT2D eigenvalue weighted by atomic mass is 9.75. The lowest BCUT2D eigenvalue weighted by Gasteiger charge is -2.35. The molecule has 0 aliphatic heterocycles. The Kier molecular flexibility index (Phi) is 3.95. The van der Waals surface area contributed by atoms with Crippen molar-refractivity contribution in [2.45, 2.75) is 77.7 Å². The topological polar surface area (TPSA) is 37.8 Å². The number of hydrogen-bond donors (Lipinski definition) is 1. The summed E-state index contributed by atoms with van der Waals surface area (Å²) < 4.78 is 0. The molecule has 3 nitrogen and oxygen atoms in total. The molecule has 1 N–H and O–H groups in total. The monoisotopic (exact) mass is 273 g/mol. The number of rotatable bonds is 2. The Morgan fingerprint density at radius 2 is 1.80 bits per heavy atom. The molecule has 0 aromatic carbocycles. The minimum absolute atomic E-state index is 0.529. The second-order valence-corrected chi connectivity index (χ2v) is 7.29. The molecule has 1 fully saturated rings. The number of aromatic nitrogens is 2. The Balaban J connectivity index is 1.72. The van der Waals surface area contributed by atoms with Gasteiger partial charge in [0.15, 0.2) is 0 Å². The molecule has 1 saturated carbocycles. The van der Waals surface area contributed by atoms with Crippen LogP contribution in [0.3, 0.4) is 0 Å². The van der Waals surface area contributed by atoms with E-state index in [1.54, 1.807) is 6.33 Å². The average molecular weight is 273 g/mol. The maximum absolute atomic E-state index is 4.54. The zero-order valence-corrected chi connectivity index (χ0v) is 12.9. The van der Waals surface area contributed by atoms with Gasteiger partial charge in [0.1, 0.15) is 12.1 Å². The van der Waals surface area contributed by atoms with Crippen molar-refractivity contribution < 1.29 is 0 Å². The summed E-state index contributed by atoms with van der Waals surface area (Å²) in [6, 6.07) is 0.602. The van der Waals surface area contributed by atoms with Gasteiger partial charge < -0.3 is 5.32 Å². The van der Waals surface area contributed by atoms with Crippen LogP contribution in [0, 0.1) is 5.41 Å². The van der Waals surface area contributed by atoms with E-state index >= 15 is 0 Å². The molecule has 2 aliphatic rings. The highest BCUT2D eigenvalue weighted by Crippen LogP contribution is 2.36. The molecular weight excluding hydrogens is 246 g/mol. The minimum atomic E-state index is 0.529. The first kappa shape index (κ1) is 13.8. The highest BCUT2D eigenvalue weighted by Gasteiger charge is 2.27. The van der Waals surface area contributed by atoms with Crippen LogP contribution in [0.1, 0.15) is 70.1 Å². The van der Waals surface area contributed by atoms with Gasteiger partial charge in [-0.25, -0.2) is 9.97 Å². The van der Waals surface area contributed by atoms with Crippen LogP contribution < -0.4 is 5.32 Å². The molecule has 0 atom stereocenters. The summed E-state index contributed by atoms with van der Waals surface area (Å²) in [6.45, 7) is 4.78. The molecule has 0 bridgehead atoms. The zero-order chi connectivity index (χ0) is 14.0. The van der Waals surface area contributed by atoms with Gasteiger partial charge in [0, 0.05) is 17.3 Å². The molecule has 3 rings (SSSR count). The maximum atomic E-state index is 4.54. The van der Waals surface area contributed by atoms with E-state index in [0.29, 0.717) is 11.5 Å². The Bertz CT molecular complexity index is 457. The number of aryl methyl sites for hydroxylation is 1. The van der Waals surface area contributed by atoms with Gasteiger partial charge in [-0.2, -0.15) is 0 Å². The van der Waals surface area contributed by atoms with Gasteiger partial charge in [-0.1, -0.05) is 20.3 Å². The van der Waals surface area contributed by atoms with E-state index in [1.807, 2.05) is 0 Å². The lowest BCUT2D eigenvalue weighted by Crippen LogP contribution is -2.30. The number of nitrogens with one attached hydrogen (secondary N) is 1. The summed E-state index contributed by atoms with van der Waals surface area (Å²) in [7, 11) is 0. The smallest absolute Gasteiger partial charge is 0.133 e. The van der Waals surface area contributed by atoms with Crippen LogP contribution in [0.4, 0.5) is 5.82 Å². The summed E-state index contributed by atoms with van der Waals surface area (Å²) in [5.74, 6) is 1.13. The maximum Gasteiger partial charge on any atom is 0.133 e. The number of fused-ring (bicyclic) bond motifs is 1. The SMILES string of the molecule is CC1(C)CCC(Nc2ncnc3c2CCCCC3)CC1. The molecule has 0 saturated heterocycles. The summed E-state index contributed by atoms with van der Waals surface area (Å²) in [5, 5.41) is 3.72. The Morgan fingerprint density at radius 1 is 1.05 bits per heavy atom. The van der Waals surface area contributed by atoms with Crippen LogP contribution in [0.25, 0.3) is 0 Å². The Hall–Kier alpha value is -1.12. The molecule has 2 aliphatic carbocycles. The second kappa shape index (κ2) is 5.71. The summed E-state index contributed by atoms with van der Waals surface area (Å²) in [6.07, 6.45) is 13.1. The van der Waals surface area contributed by atoms with Crippen LogP contribution in [-0.4, -0.2) is 16.0 Å². The third-order valence-electron chi connectivity index (χ3n) is 5.05. The number of hydrogen-bond acceptors (Lipinski definition) is 3. The molecule has 1 heterocycles. The summed E-state index contributed by atoms with van der Waals surface area (Å²) >= 11 is 0. The van der Waals surface area contributed by atoms with Gasteiger partial charge in [0.05, 0.1) is 0 Å². The summed E-state index contributed by atoms with van der Waals surface area (Å²) in [4.78, 5) is 9.05. The predicted octanol–water partition coefficient (Wildman–Crippen LogP) is 4.13. The molecule has 110 valence electrons. The van der Waals surface area contributed by atoms with Crippen molar-refractivity contribution in [2.75, 3.05) is 5.32 Å². The van der Waals surface area contributed by atoms with E-state index < -0.39 is 0 Å². The van der Waals surface area contributed by atoms with Crippen molar-refractivity contribution in [2.24, 2.45) is 5.41 Å². The first-order valence-electron chi connectivity index (χ1n) is 8.23. The highest BCUT2D eigenvalue weighted by atomic mass is 15.0. The first-order chi connectivity index (χ1) is 9.64. The van der Waals surface area contributed by atoms with Gasteiger partial charge in [0.25, 0.3) is 0 Å². The van der Waals surface area contributed by atoms with E-state index in [2.05, 4.69) is 29.1 Å². The van der Waals surface area contributed by atoms with Crippen molar-refractivity contribution in [3.05, 3.63) is 17.6 Å². The van der Waals surface area contributed by atoms with Gasteiger partial charge in [-0.15, -0.1) is 0 Å². The van der Waals surface area contributed by atoms with Gasteiger partial charge in [0.2, 0.25) is 0 Å². The van der Waals surface area contributed by atoms with Crippen molar-refractivity contribution in [3.63, 3.8) is 0 Å². The zero-order valence-electron chi connectivity index (χ0n) is 12.9. The fourth-order valence-electron chi connectivity index (χ4n) is 3.56. The van der Waals surface area contributed by atoms with Crippen LogP contribution in [0.15, 0.2) is 6.33 Å². The third-order valence-corrected chi connectivity index (χ3v) is 5.05. The molecule has 3 heteroatoms. The molecule has 1 aromatic rings. The van der Waals surface area contributed by atoms with Crippen LogP contribution in [-0.2, 0) is 12.8 Å². The van der Waals surface area contributed by atoms with E-state index in [9.17, 15) is 0 Å². The molecule has 0 spiro atoms. The average Bonchev–Trinajstić information content (AvgIpc) is 2.67.